The smallest absolute Gasteiger partial charge is 0.0504 e. The van der Waals surface area contributed by atoms with Gasteiger partial charge in [0.2, 0.25) is 0 Å². The standard InChI is InChI=1S/C17H33NOS/c1-4-17(2,3)13-10-11-15(18)16(12-13)20(19)14-8-6-5-7-9-14/h13-16H,4-12,18H2,1-3H3. The average molecular weight is 300 g/mol. The summed E-state index contributed by atoms with van der Waals surface area (Å²) in [6.45, 7) is 7.02. The monoisotopic (exact) mass is 299 g/mol. The van der Waals surface area contributed by atoms with Crippen LogP contribution in [0.5, 0.6) is 0 Å². The molecule has 0 aromatic rings. The van der Waals surface area contributed by atoms with E-state index in [0.717, 1.165) is 25.7 Å². The molecule has 2 nitrogen and oxygen atoms in total. The van der Waals surface area contributed by atoms with Crippen LogP contribution in [-0.2, 0) is 10.8 Å². The molecule has 4 unspecified atom stereocenters. The molecule has 2 fully saturated rings. The molecule has 0 spiro atoms. The molecule has 0 heterocycles. The molecule has 20 heavy (non-hydrogen) atoms. The molecular formula is C17H33NOS. The molecule has 0 radical (unpaired) electrons. The Balaban J connectivity index is 2.02. The molecule has 0 amide bonds. The summed E-state index contributed by atoms with van der Waals surface area (Å²) in [5, 5.41) is 0.686. The van der Waals surface area contributed by atoms with E-state index in [4.69, 9.17) is 5.73 Å². The van der Waals surface area contributed by atoms with E-state index in [1.54, 1.807) is 0 Å². The molecule has 3 heteroatoms. The summed E-state index contributed by atoms with van der Waals surface area (Å²) >= 11 is 0. The molecule has 0 bridgehead atoms. The van der Waals surface area contributed by atoms with Crippen molar-refractivity contribution < 1.29 is 4.21 Å². The minimum Gasteiger partial charge on any atom is -0.327 e. The number of hydrogen-bond donors (Lipinski definition) is 1. The van der Waals surface area contributed by atoms with Crippen LogP contribution in [0.2, 0.25) is 0 Å². The summed E-state index contributed by atoms with van der Waals surface area (Å²) in [5.41, 5.74) is 6.71. The van der Waals surface area contributed by atoms with Crippen LogP contribution in [0.25, 0.3) is 0 Å². The molecule has 2 saturated carbocycles. The highest BCUT2D eigenvalue weighted by molar-refractivity contribution is 7.86. The molecule has 2 N–H and O–H groups in total. The molecular weight excluding hydrogens is 266 g/mol. The zero-order chi connectivity index (χ0) is 14.8. The van der Waals surface area contributed by atoms with Gasteiger partial charge in [-0.3, -0.25) is 4.21 Å². The van der Waals surface area contributed by atoms with E-state index >= 15 is 0 Å². The van der Waals surface area contributed by atoms with Gasteiger partial charge in [-0.2, -0.15) is 0 Å². The lowest BCUT2D eigenvalue weighted by molar-refractivity contribution is 0.147. The normalized spacial score (nSPS) is 34.9. The predicted octanol–water partition coefficient (Wildman–Crippen LogP) is 4.00. The van der Waals surface area contributed by atoms with Gasteiger partial charge in [-0.05, 0) is 43.4 Å². The van der Waals surface area contributed by atoms with Crippen molar-refractivity contribution in [1.82, 2.24) is 0 Å². The van der Waals surface area contributed by atoms with E-state index in [1.165, 1.54) is 32.1 Å². The first-order chi connectivity index (χ1) is 9.45. The van der Waals surface area contributed by atoms with Crippen molar-refractivity contribution in [3.63, 3.8) is 0 Å². The molecule has 2 rings (SSSR count). The number of nitrogens with two attached hydrogens (primary N) is 1. The fourth-order valence-electron chi connectivity index (χ4n) is 3.96. The van der Waals surface area contributed by atoms with E-state index in [1.807, 2.05) is 0 Å². The Morgan fingerprint density at radius 2 is 1.75 bits per heavy atom. The fourth-order valence-corrected chi connectivity index (χ4v) is 6.16. The quantitative estimate of drug-likeness (QED) is 0.852. The Bertz CT molecular complexity index is 336. The topological polar surface area (TPSA) is 43.1 Å². The predicted molar refractivity (Wildman–Crippen MR) is 88.2 cm³/mol. The minimum atomic E-state index is -0.705. The van der Waals surface area contributed by atoms with Crippen LogP contribution in [0, 0.1) is 11.3 Å². The average Bonchev–Trinajstić information content (AvgIpc) is 2.47. The van der Waals surface area contributed by atoms with E-state index in [2.05, 4.69) is 20.8 Å². The molecule has 2 aliphatic carbocycles. The van der Waals surface area contributed by atoms with E-state index in [9.17, 15) is 4.21 Å². The first-order valence-corrected chi connectivity index (χ1v) is 9.88. The van der Waals surface area contributed by atoms with Crippen molar-refractivity contribution >= 4 is 10.8 Å². The second-order valence-electron chi connectivity index (χ2n) is 7.64. The molecule has 4 atom stereocenters. The fraction of sp³-hybridized carbons (Fsp3) is 1.00. The summed E-state index contributed by atoms with van der Waals surface area (Å²) in [7, 11) is -0.705. The van der Waals surface area contributed by atoms with Crippen LogP contribution in [-0.4, -0.2) is 20.8 Å². The van der Waals surface area contributed by atoms with Crippen LogP contribution >= 0.6 is 0 Å². The zero-order valence-electron chi connectivity index (χ0n) is 13.6. The van der Waals surface area contributed by atoms with Gasteiger partial charge in [0.05, 0.1) is 5.25 Å². The summed E-state index contributed by atoms with van der Waals surface area (Å²) < 4.78 is 13.0. The van der Waals surface area contributed by atoms with Crippen LogP contribution in [0.15, 0.2) is 0 Å². The maximum atomic E-state index is 13.0. The second kappa shape index (κ2) is 6.91. The Morgan fingerprint density at radius 3 is 2.35 bits per heavy atom. The maximum absolute atomic E-state index is 13.0. The second-order valence-corrected chi connectivity index (χ2v) is 9.57. The third kappa shape index (κ3) is 3.65. The first-order valence-electron chi connectivity index (χ1n) is 8.60. The highest BCUT2D eigenvalue weighted by Crippen LogP contribution is 2.42. The number of hydrogen-bond acceptors (Lipinski definition) is 2. The van der Waals surface area contributed by atoms with E-state index in [0.29, 0.717) is 16.6 Å². The first kappa shape index (κ1) is 16.5. The van der Waals surface area contributed by atoms with Crippen LogP contribution in [0.4, 0.5) is 0 Å². The number of rotatable bonds is 4. The molecule has 0 aromatic carbocycles. The van der Waals surface area contributed by atoms with Gasteiger partial charge < -0.3 is 5.73 Å². The zero-order valence-corrected chi connectivity index (χ0v) is 14.4. The Morgan fingerprint density at radius 1 is 1.10 bits per heavy atom. The summed E-state index contributed by atoms with van der Waals surface area (Å²) in [6, 6.07) is 0.168. The summed E-state index contributed by atoms with van der Waals surface area (Å²) in [6.07, 6.45) is 10.8. The van der Waals surface area contributed by atoms with Crippen molar-refractivity contribution in [2.75, 3.05) is 0 Å². The van der Waals surface area contributed by atoms with Crippen molar-refractivity contribution in [3.8, 4) is 0 Å². The molecule has 118 valence electrons. The van der Waals surface area contributed by atoms with Crippen LogP contribution in [0.3, 0.4) is 0 Å². The van der Waals surface area contributed by atoms with Crippen LogP contribution < -0.4 is 5.73 Å². The Kier molecular flexibility index (Phi) is 5.70. The summed E-state index contributed by atoms with van der Waals surface area (Å²) in [5.74, 6) is 0.699. The lowest BCUT2D eigenvalue weighted by atomic mass is 9.69. The van der Waals surface area contributed by atoms with Crippen molar-refractivity contribution in [1.29, 1.82) is 0 Å². The maximum Gasteiger partial charge on any atom is 0.0504 e. The highest BCUT2D eigenvalue weighted by atomic mass is 32.2. The van der Waals surface area contributed by atoms with Gasteiger partial charge in [0, 0.05) is 22.1 Å². The molecule has 0 aromatic heterocycles. The third-order valence-electron chi connectivity index (χ3n) is 6.04. The minimum absolute atomic E-state index is 0.168. The van der Waals surface area contributed by atoms with Gasteiger partial charge in [-0.15, -0.1) is 0 Å². The SMILES string of the molecule is CCC(C)(C)C1CCC(N)C(S(=O)C2CCCCC2)C1. The lowest BCUT2D eigenvalue weighted by Crippen LogP contribution is -2.48. The van der Waals surface area contributed by atoms with Gasteiger partial charge in [0.15, 0.2) is 0 Å². The van der Waals surface area contributed by atoms with Crippen molar-refractivity contribution in [2.45, 2.75) is 95.1 Å². The van der Waals surface area contributed by atoms with Gasteiger partial charge in [0.1, 0.15) is 0 Å². The van der Waals surface area contributed by atoms with Gasteiger partial charge in [-0.1, -0.05) is 46.5 Å². The summed E-state index contributed by atoms with van der Waals surface area (Å²) in [4.78, 5) is 0. The lowest BCUT2D eigenvalue weighted by Gasteiger charge is -2.42. The third-order valence-corrected chi connectivity index (χ3v) is 8.31. The highest BCUT2D eigenvalue weighted by Gasteiger charge is 2.40. The molecule has 0 saturated heterocycles. The van der Waals surface area contributed by atoms with Crippen molar-refractivity contribution in [3.05, 3.63) is 0 Å². The Hall–Kier alpha value is 0.110. The van der Waals surface area contributed by atoms with Crippen molar-refractivity contribution in [2.24, 2.45) is 17.1 Å². The Labute approximate surface area is 127 Å². The van der Waals surface area contributed by atoms with Gasteiger partial charge in [0.25, 0.3) is 0 Å². The van der Waals surface area contributed by atoms with Gasteiger partial charge in [-0.25, -0.2) is 0 Å². The van der Waals surface area contributed by atoms with Gasteiger partial charge >= 0.3 is 0 Å². The molecule has 0 aliphatic heterocycles. The largest absolute Gasteiger partial charge is 0.327 e. The van der Waals surface area contributed by atoms with E-state index < -0.39 is 10.8 Å². The van der Waals surface area contributed by atoms with Crippen LogP contribution in [0.1, 0.15) is 78.6 Å². The van der Waals surface area contributed by atoms with E-state index in [-0.39, 0.29) is 11.3 Å². The molecule has 2 aliphatic rings.